The Hall–Kier alpha value is -0.860. The number of nitrogens with one attached hydrogen (secondary N) is 1. The third-order valence-electron chi connectivity index (χ3n) is 5.27. The van der Waals surface area contributed by atoms with Gasteiger partial charge >= 0.3 is 0 Å². The monoisotopic (exact) mass is 274 g/mol. The second-order valence-electron chi connectivity index (χ2n) is 6.81. The van der Waals surface area contributed by atoms with E-state index >= 15 is 0 Å². The second-order valence-corrected chi connectivity index (χ2v) is 6.81. The van der Waals surface area contributed by atoms with Crippen molar-refractivity contribution in [3.63, 3.8) is 0 Å². The third kappa shape index (κ3) is 2.91. The van der Waals surface area contributed by atoms with E-state index < -0.39 is 0 Å². The van der Waals surface area contributed by atoms with Crippen LogP contribution >= 0.6 is 0 Å². The molecule has 0 spiro atoms. The summed E-state index contributed by atoms with van der Waals surface area (Å²) in [6.45, 7) is 4.54. The first-order valence-corrected chi connectivity index (χ1v) is 7.91. The standard InChI is InChI=1S/C18H30N2/c1-14-6-8-16(9-7-14)17(19-3)18(20(4)5)12-10-15(2)11-13-18/h6-9,15,17,19H,10-13H2,1-5H3. The van der Waals surface area contributed by atoms with E-state index in [9.17, 15) is 0 Å². The molecule has 1 aromatic carbocycles. The van der Waals surface area contributed by atoms with Crippen molar-refractivity contribution in [2.45, 2.75) is 51.1 Å². The molecule has 0 aromatic heterocycles. The van der Waals surface area contributed by atoms with Gasteiger partial charge in [0.05, 0.1) is 6.04 Å². The summed E-state index contributed by atoms with van der Waals surface area (Å²) in [5.74, 6) is 0.874. The Morgan fingerprint density at radius 1 is 1.15 bits per heavy atom. The van der Waals surface area contributed by atoms with E-state index in [1.807, 2.05) is 0 Å². The molecule has 2 heteroatoms. The van der Waals surface area contributed by atoms with Gasteiger partial charge in [-0.1, -0.05) is 36.8 Å². The summed E-state index contributed by atoms with van der Waals surface area (Å²) in [5.41, 5.74) is 3.00. The van der Waals surface area contributed by atoms with Crippen LogP contribution in [0.4, 0.5) is 0 Å². The average Bonchev–Trinajstić information content (AvgIpc) is 2.43. The topological polar surface area (TPSA) is 15.3 Å². The van der Waals surface area contributed by atoms with Crippen LogP contribution < -0.4 is 5.32 Å². The van der Waals surface area contributed by atoms with Crippen LogP contribution in [-0.2, 0) is 0 Å². The lowest BCUT2D eigenvalue weighted by Gasteiger charge is -2.50. The van der Waals surface area contributed by atoms with Crippen molar-refractivity contribution in [1.82, 2.24) is 10.2 Å². The molecule has 1 N–H and O–H groups in total. The molecule has 1 fully saturated rings. The Bertz CT molecular complexity index is 414. The van der Waals surface area contributed by atoms with Crippen LogP contribution in [0.15, 0.2) is 24.3 Å². The van der Waals surface area contributed by atoms with E-state index in [0.29, 0.717) is 6.04 Å². The van der Waals surface area contributed by atoms with Crippen LogP contribution in [0.1, 0.15) is 49.8 Å². The maximum Gasteiger partial charge on any atom is 0.0504 e. The van der Waals surface area contributed by atoms with Gasteiger partial charge in [-0.15, -0.1) is 0 Å². The lowest BCUT2D eigenvalue weighted by Crippen LogP contribution is -2.55. The molecular weight excluding hydrogens is 244 g/mol. The Balaban J connectivity index is 2.33. The van der Waals surface area contributed by atoms with Crippen molar-refractivity contribution in [3.05, 3.63) is 35.4 Å². The maximum atomic E-state index is 3.60. The van der Waals surface area contributed by atoms with Gasteiger partial charge in [-0.3, -0.25) is 0 Å². The highest BCUT2D eigenvalue weighted by Crippen LogP contribution is 2.43. The highest BCUT2D eigenvalue weighted by molar-refractivity contribution is 5.27. The summed E-state index contributed by atoms with van der Waals surface area (Å²) >= 11 is 0. The van der Waals surface area contributed by atoms with Gasteiger partial charge in [0.15, 0.2) is 0 Å². The SMILES string of the molecule is CNC(c1ccc(C)cc1)C1(N(C)C)CCC(C)CC1. The molecule has 112 valence electrons. The average molecular weight is 274 g/mol. The lowest BCUT2D eigenvalue weighted by atomic mass is 9.70. The Morgan fingerprint density at radius 3 is 2.15 bits per heavy atom. The highest BCUT2D eigenvalue weighted by Gasteiger charge is 2.43. The van der Waals surface area contributed by atoms with Crippen molar-refractivity contribution < 1.29 is 0 Å². The van der Waals surface area contributed by atoms with E-state index in [4.69, 9.17) is 0 Å². The summed E-state index contributed by atoms with van der Waals surface area (Å²) in [6, 6.07) is 9.45. The fraction of sp³-hybridized carbons (Fsp3) is 0.667. The largest absolute Gasteiger partial charge is 0.311 e. The molecule has 1 aliphatic rings. The van der Waals surface area contributed by atoms with Crippen molar-refractivity contribution >= 4 is 0 Å². The quantitative estimate of drug-likeness (QED) is 0.899. The van der Waals surface area contributed by atoms with Crippen LogP contribution in [-0.4, -0.2) is 31.6 Å². The molecule has 0 amide bonds. The molecule has 2 rings (SSSR count). The van der Waals surface area contributed by atoms with Crippen LogP contribution in [0.2, 0.25) is 0 Å². The molecular formula is C18H30N2. The predicted molar refractivity (Wildman–Crippen MR) is 87.0 cm³/mol. The Morgan fingerprint density at radius 2 is 1.70 bits per heavy atom. The molecule has 2 nitrogen and oxygen atoms in total. The molecule has 0 bridgehead atoms. The van der Waals surface area contributed by atoms with E-state index in [2.05, 4.69) is 69.5 Å². The summed E-state index contributed by atoms with van der Waals surface area (Å²) in [6.07, 6.45) is 5.23. The van der Waals surface area contributed by atoms with Crippen molar-refractivity contribution in [1.29, 1.82) is 0 Å². The first-order valence-electron chi connectivity index (χ1n) is 7.91. The van der Waals surface area contributed by atoms with E-state index in [-0.39, 0.29) is 5.54 Å². The minimum Gasteiger partial charge on any atom is -0.311 e. The number of benzene rings is 1. The van der Waals surface area contributed by atoms with Gasteiger partial charge in [-0.2, -0.15) is 0 Å². The van der Waals surface area contributed by atoms with Crippen LogP contribution in [0, 0.1) is 12.8 Å². The second kappa shape index (κ2) is 6.28. The summed E-state index contributed by atoms with van der Waals surface area (Å²) in [5, 5.41) is 3.60. The number of likely N-dealkylation sites (N-methyl/N-ethyl adjacent to an activating group) is 2. The first-order chi connectivity index (χ1) is 9.49. The van der Waals surface area contributed by atoms with E-state index in [0.717, 1.165) is 5.92 Å². The smallest absolute Gasteiger partial charge is 0.0504 e. The minimum absolute atomic E-state index is 0.247. The van der Waals surface area contributed by atoms with Gasteiger partial charge in [0.2, 0.25) is 0 Å². The lowest BCUT2D eigenvalue weighted by molar-refractivity contribution is 0.0455. The maximum absolute atomic E-state index is 3.60. The molecule has 1 saturated carbocycles. The zero-order valence-electron chi connectivity index (χ0n) is 13.7. The number of rotatable bonds is 4. The molecule has 20 heavy (non-hydrogen) atoms. The van der Waals surface area contributed by atoms with E-state index in [1.54, 1.807) is 0 Å². The molecule has 0 heterocycles. The minimum atomic E-state index is 0.247. The fourth-order valence-corrected chi connectivity index (χ4v) is 3.76. The predicted octanol–water partition coefficient (Wildman–Crippen LogP) is 3.77. The van der Waals surface area contributed by atoms with Gasteiger partial charge in [-0.25, -0.2) is 0 Å². The van der Waals surface area contributed by atoms with Crippen LogP contribution in [0.3, 0.4) is 0 Å². The molecule has 1 aromatic rings. The van der Waals surface area contributed by atoms with Gasteiger partial charge in [0, 0.05) is 5.54 Å². The molecule has 0 radical (unpaired) electrons. The van der Waals surface area contributed by atoms with Crippen LogP contribution in [0.25, 0.3) is 0 Å². The Kier molecular flexibility index (Phi) is 4.87. The fourth-order valence-electron chi connectivity index (χ4n) is 3.76. The molecule has 0 saturated heterocycles. The summed E-state index contributed by atoms with van der Waals surface area (Å²) < 4.78 is 0. The molecule has 1 unspecified atom stereocenters. The van der Waals surface area contributed by atoms with Crippen molar-refractivity contribution in [2.75, 3.05) is 21.1 Å². The summed E-state index contributed by atoms with van der Waals surface area (Å²) in [7, 11) is 6.59. The van der Waals surface area contributed by atoms with Gasteiger partial charge in [0.25, 0.3) is 0 Å². The van der Waals surface area contributed by atoms with Gasteiger partial charge < -0.3 is 10.2 Å². The number of hydrogen-bond donors (Lipinski definition) is 1. The number of hydrogen-bond acceptors (Lipinski definition) is 2. The van der Waals surface area contributed by atoms with Crippen molar-refractivity contribution in [3.8, 4) is 0 Å². The van der Waals surface area contributed by atoms with E-state index in [1.165, 1.54) is 36.8 Å². The number of nitrogens with zero attached hydrogens (tertiary/aromatic N) is 1. The van der Waals surface area contributed by atoms with Crippen LogP contribution in [0.5, 0.6) is 0 Å². The number of aryl methyl sites for hydroxylation is 1. The normalized spacial score (nSPS) is 28.6. The zero-order valence-corrected chi connectivity index (χ0v) is 13.7. The first kappa shape index (κ1) is 15.5. The molecule has 1 aliphatic carbocycles. The summed E-state index contributed by atoms with van der Waals surface area (Å²) in [4.78, 5) is 2.46. The van der Waals surface area contributed by atoms with Crippen molar-refractivity contribution in [2.24, 2.45) is 5.92 Å². The van der Waals surface area contributed by atoms with Gasteiger partial charge in [-0.05, 0) is 65.2 Å². The highest BCUT2D eigenvalue weighted by atomic mass is 15.2. The zero-order chi connectivity index (χ0) is 14.8. The Labute approximate surface area is 124 Å². The molecule has 0 aliphatic heterocycles. The third-order valence-corrected chi connectivity index (χ3v) is 5.27. The molecule has 1 atom stereocenters. The van der Waals surface area contributed by atoms with Gasteiger partial charge in [0.1, 0.15) is 0 Å².